The molecule has 0 N–H and O–H groups in total. The molecule has 4 aromatic carbocycles. The highest BCUT2D eigenvalue weighted by Crippen LogP contribution is 2.50. The molecular formula is C33H24N2O5. The Morgan fingerprint density at radius 2 is 1.48 bits per heavy atom. The van der Waals surface area contributed by atoms with E-state index in [-0.39, 0.29) is 17.6 Å². The van der Waals surface area contributed by atoms with Crippen LogP contribution >= 0.6 is 0 Å². The first-order chi connectivity index (χ1) is 19.4. The number of carbonyl (C=O) groups excluding carboxylic acids is 4. The van der Waals surface area contributed by atoms with Crippen molar-refractivity contribution in [1.82, 2.24) is 0 Å². The largest absolute Gasteiger partial charge is 0.427 e. The highest BCUT2D eigenvalue weighted by molar-refractivity contribution is 6.26. The van der Waals surface area contributed by atoms with E-state index < -0.39 is 29.9 Å². The summed E-state index contributed by atoms with van der Waals surface area (Å²) in [4.78, 5) is 57.0. The first kappa shape index (κ1) is 24.0. The maximum absolute atomic E-state index is 14.2. The van der Waals surface area contributed by atoms with Crippen LogP contribution in [-0.4, -0.2) is 35.7 Å². The van der Waals surface area contributed by atoms with Gasteiger partial charge in [0.1, 0.15) is 11.8 Å². The summed E-state index contributed by atoms with van der Waals surface area (Å²) >= 11 is 0. The maximum Gasteiger partial charge on any atom is 0.308 e. The summed E-state index contributed by atoms with van der Waals surface area (Å²) in [7, 11) is 0. The fourth-order valence-electron chi connectivity index (χ4n) is 6.41. The number of amides is 2. The Bertz CT molecular complexity index is 1760. The van der Waals surface area contributed by atoms with Crippen LogP contribution in [0.25, 0.3) is 16.8 Å². The van der Waals surface area contributed by atoms with Crippen LogP contribution in [0.2, 0.25) is 0 Å². The smallest absolute Gasteiger partial charge is 0.308 e. The van der Waals surface area contributed by atoms with Crippen molar-refractivity contribution in [2.24, 2.45) is 11.8 Å². The summed E-state index contributed by atoms with van der Waals surface area (Å²) < 4.78 is 5.13. The molecule has 2 saturated heterocycles. The van der Waals surface area contributed by atoms with Crippen molar-refractivity contribution >= 4 is 51.8 Å². The molecule has 0 bridgehead atoms. The molecular weight excluding hydrogens is 504 g/mol. The van der Waals surface area contributed by atoms with E-state index in [0.29, 0.717) is 17.0 Å². The monoisotopic (exact) mass is 528 g/mol. The number of benzene rings is 4. The molecule has 3 aliphatic heterocycles. The average Bonchev–Trinajstić information content (AvgIpc) is 3.45. The first-order valence-electron chi connectivity index (χ1n) is 13.2. The number of anilines is 2. The van der Waals surface area contributed by atoms with Crippen molar-refractivity contribution in [3.63, 3.8) is 0 Å². The summed E-state index contributed by atoms with van der Waals surface area (Å²) in [5.41, 5.74) is 2.62. The molecule has 7 heteroatoms. The van der Waals surface area contributed by atoms with Crippen molar-refractivity contribution in [3.8, 4) is 5.75 Å². The molecule has 4 aromatic rings. The number of imide groups is 1. The van der Waals surface area contributed by atoms with Gasteiger partial charge in [-0.1, -0.05) is 60.7 Å². The molecule has 0 aliphatic carbocycles. The molecule has 3 aliphatic rings. The van der Waals surface area contributed by atoms with Gasteiger partial charge in [0.15, 0.2) is 5.78 Å². The highest BCUT2D eigenvalue weighted by atomic mass is 16.5. The molecule has 196 valence electrons. The number of esters is 1. The van der Waals surface area contributed by atoms with E-state index in [9.17, 15) is 19.2 Å². The second-order valence-corrected chi connectivity index (χ2v) is 10.3. The van der Waals surface area contributed by atoms with E-state index >= 15 is 0 Å². The van der Waals surface area contributed by atoms with Gasteiger partial charge >= 0.3 is 5.97 Å². The number of ketones is 1. The number of nitrogens with zero attached hydrogens (tertiary/aromatic N) is 2. The van der Waals surface area contributed by atoms with Crippen molar-refractivity contribution in [3.05, 3.63) is 108 Å². The van der Waals surface area contributed by atoms with Crippen LogP contribution < -0.4 is 14.5 Å². The lowest BCUT2D eigenvalue weighted by Gasteiger charge is -2.36. The van der Waals surface area contributed by atoms with Crippen molar-refractivity contribution < 1.29 is 23.9 Å². The molecule has 0 unspecified atom stereocenters. The SMILES string of the molecule is CC(=O)Oc1ccc(C(=O)[C@@H]2[C@@H]3C(=O)N(c4ccc5ccccc5c4)C(=O)[C@@H]3[C@H]3C=Cc4ccccc4N32)cc1. The van der Waals surface area contributed by atoms with Crippen LogP contribution in [0.15, 0.2) is 97.1 Å². The van der Waals surface area contributed by atoms with Gasteiger partial charge in [0.25, 0.3) is 0 Å². The Labute approximate surface area is 230 Å². The Morgan fingerprint density at radius 3 is 2.25 bits per heavy atom. The first-order valence-corrected chi connectivity index (χ1v) is 13.2. The van der Waals surface area contributed by atoms with Crippen molar-refractivity contribution in [1.29, 1.82) is 0 Å². The standard InChI is InChI=1S/C33H24N2O5/c1-19(36)40-25-15-11-22(12-16-25)31(37)30-29-28(27-17-13-21-7-4-5-9-26(21)35(27)30)32(38)34(33(29)39)24-14-10-20-6-2-3-8-23(20)18-24/h2-18,27-30H,1H3/t27-,28-,29-,30+/m1/s1. The Balaban J connectivity index is 1.32. The van der Waals surface area contributed by atoms with Crippen LogP contribution in [0, 0.1) is 11.8 Å². The molecule has 7 nitrogen and oxygen atoms in total. The number of para-hydroxylation sites is 1. The molecule has 0 spiro atoms. The van der Waals surface area contributed by atoms with Gasteiger partial charge in [-0.15, -0.1) is 0 Å². The zero-order chi connectivity index (χ0) is 27.5. The predicted molar refractivity (Wildman–Crippen MR) is 151 cm³/mol. The lowest BCUT2D eigenvalue weighted by Crippen LogP contribution is -2.48. The molecule has 0 saturated carbocycles. The summed E-state index contributed by atoms with van der Waals surface area (Å²) in [6.07, 6.45) is 3.90. The van der Waals surface area contributed by atoms with E-state index in [4.69, 9.17) is 4.74 Å². The number of ether oxygens (including phenoxy) is 1. The second kappa shape index (κ2) is 9.02. The Kier molecular flexibility index (Phi) is 5.42. The molecule has 2 amide bonds. The van der Waals surface area contributed by atoms with Gasteiger partial charge in [-0.25, -0.2) is 4.90 Å². The van der Waals surface area contributed by atoms with Crippen LogP contribution in [0.5, 0.6) is 5.75 Å². The Morgan fingerprint density at radius 1 is 0.775 bits per heavy atom. The number of hydrogen-bond acceptors (Lipinski definition) is 6. The van der Waals surface area contributed by atoms with E-state index in [0.717, 1.165) is 22.0 Å². The third-order valence-corrected chi connectivity index (χ3v) is 8.08. The maximum atomic E-state index is 14.2. The van der Waals surface area contributed by atoms with E-state index in [2.05, 4.69) is 0 Å². The van der Waals surface area contributed by atoms with Crippen molar-refractivity contribution in [2.75, 3.05) is 9.80 Å². The van der Waals surface area contributed by atoms with Crippen LogP contribution in [-0.2, 0) is 14.4 Å². The van der Waals surface area contributed by atoms with Gasteiger partial charge in [-0.05, 0) is 58.8 Å². The zero-order valence-electron chi connectivity index (χ0n) is 21.6. The number of carbonyl (C=O) groups is 4. The third-order valence-electron chi connectivity index (χ3n) is 8.08. The van der Waals surface area contributed by atoms with Gasteiger partial charge in [0, 0.05) is 18.2 Å². The summed E-state index contributed by atoms with van der Waals surface area (Å²) in [6, 6.07) is 26.0. The number of fused-ring (bicyclic) bond motifs is 6. The lowest BCUT2D eigenvalue weighted by molar-refractivity contribution is -0.132. The fourth-order valence-corrected chi connectivity index (χ4v) is 6.41. The number of hydrogen-bond donors (Lipinski definition) is 0. The molecule has 2 fully saturated rings. The van der Waals surface area contributed by atoms with E-state index in [1.54, 1.807) is 30.3 Å². The van der Waals surface area contributed by atoms with Gasteiger partial charge < -0.3 is 9.64 Å². The minimum absolute atomic E-state index is 0.265. The molecule has 4 atom stereocenters. The molecule has 3 heterocycles. The highest BCUT2D eigenvalue weighted by Gasteiger charge is 2.64. The minimum atomic E-state index is -0.886. The minimum Gasteiger partial charge on any atom is -0.427 e. The van der Waals surface area contributed by atoms with E-state index in [1.807, 2.05) is 77.7 Å². The average molecular weight is 529 g/mol. The molecule has 0 radical (unpaired) electrons. The van der Waals surface area contributed by atoms with Gasteiger partial charge in [-0.3, -0.25) is 19.2 Å². The zero-order valence-corrected chi connectivity index (χ0v) is 21.6. The second-order valence-electron chi connectivity index (χ2n) is 10.3. The van der Waals surface area contributed by atoms with Crippen molar-refractivity contribution in [2.45, 2.75) is 19.0 Å². The van der Waals surface area contributed by atoms with Gasteiger partial charge in [0.2, 0.25) is 11.8 Å². The summed E-state index contributed by atoms with van der Waals surface area (Å²) in [5, 5.41) is 1.93. The summed E-state index contributed by atoms with van der Waals surface area (Å²) in [6.45, 7) is 1.31. The molecule has 40 heavy (non-hydrogen) atoms. The van der Waals surface area contributed by atoms with Gasteiger partial charge in [-0.2, -0.15) is 0 Å². The third kappa shape index (κ3) is 3.58. The number of rotatable bonds is 4. The lowest BCUT2D eigenvalue weighted by atomic mass is 9.86. The van der Waals surface area contributed by atoms with Gasteiger partial charge in [0.05, 0.1) is 23.6 Å². The predicted octanol–water partition coefficient (Wildman–Crippen LogP) is 5.04. The quantitative estimate of drug-likeness (QED) is 0.160. The molecule has 0 aromatic heterocycles. The topological polar surface area (TPSA) is 84.0 Å². The Hall–Kier alpha value is -5.04. The van der Waals surface area contributed by atoms with E-state index in [1.165, 1.54) is 11.8 Å². The van der Waals surface area contributed by atoms with Crippen LogP contribution in [0.1, 0.15) is 22.8 Å². The van der Waals surface area contributed by atoms with Crippen LogP contribution in [0.3, 0.4) is 0 Å². The van der Waals surface area contributed by atoms with Crippen LogP contribution in [0.4, 0.5) is 11.4 Å². The summed E-state index contributed by atoms with van der Waals surface area (Å²) in [5.74, 6) is -2.64. The normalized spacial score (nSPS) is 22.7. The molecule has 7 rings (SSSR count). The number of Topliss-reactive ketones (excluding diaryl/α,β-unsaturated/α-hetero) is 1. The fraction of sp³-hybridized carbons (Fsp3) is 0.152.